The van der Waals surface area contributed by atoms with Crippen molar-refractivity contribution in [2.45, 2.75) is 13.0 Å². The van der Waals surface area contributed by atoms with E-state index < -0.39 is 23.9 Å². The number of nitrogens with zero attached hydrogens (tertiary/aromatic N) is 1. The van der Waals surface area contributed by atoms with E-state index in [0.717, 1.165) is 4.90 Å². The highest BCUT2D eigenvalue weighted by Crippen LogP contribution is 2.28. The molecule has 154 valence electrons. The summed E-state index contributed by atoms with van der Waals surface area (Å²) in [4.78, 5) is 51.1. The maximum Gasteiger partial charge on any atom is 0.338 e. The summed E-state index contributed by atoms with van der Waals surface area (Å²) >= 11 is 5.90. The number of Topliss-reactive ketones (excluding diaryl/α,β-unsaturated/α-hetero) is 1. The number of fused-ring (bicyclic) bond motifs is 1. The third-order valence-electron chi connectivity index (χ3n) is 4.92. The molecule has 0 aliphatic carbocycles. The fourth-order valence-corrected chi connectivity index (χ4v) is 3.52. The van der Waals surface area contributed by atoms with Gasteiger partial charge < -0.3 is 4.74 Å². The first kappa shape index (κ1) is 20.5. The van der Waals surface area contributed by atoms with Gasteiger partial charge in [-0.2, -0.15) is 0 Å². The van der Waals surface area contributed by atoms with E-state index in [2.05, 4.69) is 0 Å². The summed E-state index contributed by atoms with van der Waals surface area (Å²) in [5.41, 5.74) is 1.54. The number of ether oxygens (including phenoxy) is 1. The maximum absolute atomic E-state index is 12.6. The van der Waals surface area contributed by atoms with Crippen LogP contribution in [-0.4, -0.2) is 29.7 Å². The van der Waals surface area contributed by atoms with Gasteiger partial charge in [-0.1, -0.05) is 35.9 Å². The van der Waals surface area contributed by atoms with Gasteiger partial charge in [-0.05, 0) is 55.5 Å². The number of carbonyl (C=O) groups excluding carboxylic acids is 4. The standard InChI is InChI=1S/C24H16ClNO5/c1-14(21(27)16-5-4-6-17(25)13-16)31-24(30)15-9-11-18(12-10-15)26-22(28)19-7-2-3-8-20(19)23(26)29/h2-14H,1H3. The molecular formula is C24H16ClNO5. The second kappa shape index (κ2) is 8.16. The minimum atomic E-state index is -1.01. The molecule has 1 unspecified atom stereocenters. The summed E-state index contributed by atoms with van der Waals surface area (Å²) in [5.74, 6) is -1.91. The van der Waals surface area contributed by atoms with Crippen molar-refractivity contribution in [1.29, 1.82) is 0 Å². The Morgan fingerprint density at radius 1 is 0.839 bits per heavy atom. The Labute approximate surface area is 183 Å². The van der Waals surface area contributed by atoms with Crippen LogP contribution in [0.5, 0.6) is 0 Å². The summed E-state index contributed by atoms with van der Waals surface area (Å²) in [6.07, 6.45) is -1.01. The average Bonchev–Trinajstić information content (AvgIpc) is 3.03. The Bertz CT molecular complexity index is 1180. The van der Waals surface area contributed by atoms with E-state index in [1.54, 1.807) is 42.5 Å². The Kier molecular flexibility index (Phi) is 5.40. The smallest absolute Gasteiger partial charge is 0.338 e. The van der Waals surface area contributed by atoms with Crippen LogP contribution in [0, 0.1) is 0 Å². The van der Waals surface area contributed by atoms with Gasteiger partial charge in [0.25, 0.3) is 11.8 Å². The first-order chi connectivity index (χ1) is 14.9. The zero-order valence-electron chi connectivity index (χ0n) is 16.4. The number of benzene rings is 3. The molecule has 0 saturated heterocycles. The Morgan fingerprint density at radius 3 is 2.03 bits per heavy atom. The van der Waals surface area contributed by atoms with Crippen LogP contribution in [0.1, 0.15) is 48.4 Å². The van der Waals surface area contributed by atoms with Crippen molar-refractivity contribution in [3.8, 4) is 0 Å². The van der Waals surface area contributed by atoms with Crippen molar-refractivity contribution in [3.63, 3.8) is 0 Å². The molecule has 1 aliphatic rings. The van der Waals surface area contributed by atoms with Crippen LogP contribution < -0.4 is 4.90 Å². The number of hydrogen-bond donors (Lipinski definition) is 0. The lowest BCUT2D eigenvalue weighted by atomic mass is 10.1. The Morgan fingerprint density at radius 2 is 1.45 bits per heavy atom. The number of rotatable bonds is 5. The van der Waals surface area contributed by atoms with Crippen molar-refractivity contribution in [1.82, 2.24) is 0 Å². The first-order valence-corrected chi connectivity index (χ1v) is 9.83. The minimum absolute atomic E-state index is 0.186. The summed E-state index contributed by atoms with van der Waals surface area (Å²) in [6, 6.07) is 18.8. The average molecular weight is 434 g/mol. The molecule has 0 N–H and O–H groups in total. The molecular weight excluding hydrogens is 418 g/mol. The summed E-state index contributed by atoms with van der Waals surface area (Å²) in [7, 11) is 0. The van der Waals surface area contributed by atoms with Crippen LogP contribution in [0.3, 0.4) is 0 Å². The fraction of sp³-hybridized carbons (Fsp3) is 0.0833. The molecule has 1 atom stereocenters. The SMILES string of the molecule is CC(OC(=O)c1ccc(N2C(=O)c3ccccc3C2=O)cc1)C(=O)c1cccc(Cl)c1. The monoisotopic (exact) mass is 433 g/mol. The van der Waals surface area contributed by atoms with Crippen LogP contribution in [0.4, 0.5) is 5.69 Å². The normalized spacial score (nSPS) is 13.7. The van der Waals surface area contributed by atoms with E-state index in [1.807, 2.05) is 0 Å². The second-order valence-electron chi connectivity index (χ2n) is 6.96. The van der Waals surface area contributed by atoms with Gasteiger partial charge in [-0.25, -0.2) is 9.69 Å². The second-order valence-corrected chi connectivity index (χ2v) is 7.40. The van der Waals surface area contributed by atoms with E-state index in [4.69, 9.17) is 16.3 Å². The van der Waals surface area contributed by atoms with Gasteiger partial charge >= 0.3 is 5.97 Å². The van der Waals surface area contributed by atoms with Gasteiger partial charge in [0.15, 0.2) is 6.10 Å². The van der Waals surface area contributed by atoms with Crippen molar-refractivity contribution in [2.24, 2.45) is 0 Å². The Hall–Kier alpha value is -3.77. The summed E-state index contributed by atoms with van der Waals surface area (Å²) in [5, 5.41) is 0.410. The number of carbonyl (C=O) groups is 4. The molecule has 0 saturated carbocycles. The van der Waals surface area contributed by atoms with E-state index in [-0.39, 0.29) is 11.3 Å². The molecule has 4 rings (SSSR count). The molecule has 1 aliphatic heterocycles. The molecule has 0 radical (unpaired) electrons. The van der Waals surface area contributed by atoms with Crippen LogP contribution >= 0.6 is 11.6 Å². The number of hydrogen-bond acceptors (Lipinski definition) is 5. The van der Waals surface area contributed by atoms with Gasteiger partial charge in [0, 0.05) is 10.6 Å². The molecule has 0 bridgehead atoms. The van der Waals surface area contributed by atoms with Crippen LogP contribution in [-0.2, 0) is 4.74 Å². The number of esters is 1. The van der Waals surface area contributed by atoms with Gasteiger partial charge in [0.2, 0.25) is 5.78 Å². The highest BCUT2D eigenvalue weighted by molar-refractivity contribution is 6.34. The fourth-order valence-electron chi connectivity index (χ4n) is 3.33. The molecule has 2 amide bonds. The maximum atomic E-state index is 12.6. The lowest BCUT2D eigenvalue weighted by Crippen LogP contribution is -2.29. The van der Waals surface area contributed by atoms with Gasteiger partial charge in [0.05, 0.1) is 22.4 Å². The minimum Gasteiger partial charge on any atom is -0.451 e. The summed E-state index contributed by atoms with van der Waals surface area (Å²) in [6.45, 7) is 1.48. The first-order valence-electron chi connectivity index (χ1n) is 9.45. The lowest BCUT2D eigenvalue weighted by molar-refractivity contribution is 0.0319. The van der Waals surface area contributed by atoms with Gasteiger partial charge in [-0.15, -0.1) is 0 Å². The number of amides is 2. The largest absolute Gasteiger partial charge is 0.451 e. The zero-order valence-corrected chi connectivity index (χ0v) is 17.1. The number of halogens is 1. The highest BCUT2D eigenvalue weighted by atomic mass is 35.5. The third kappa shape index (κ3) is 3.85. The molecule has 7 heteroatoms. The molecule has 6 nitrogen and oxygen atoms in total. The number of imide groups is 1. The van der Waals surface area contributed by atoms with E-state index in [0.29, 0.717) is 27.4 Å². The summed E-state index contributed by atoms with van der Waals surface area (Å²) < 4.78 is 5.27. The highest BCUT2D eigenvalue weighted by Gasteiger charge is 2.36. The molecule has 0 spiro atoms. The predicted octanol–water partition coefficient (Wildman–Crippen LogP) is 4.57. The zero-order chi connectivity index (χ0) is 22.1. The molecule has 1 heterocycles. The van der Waals surface area contributed by atoms with E-state index >= 15 is 0 Å². The molecule has 0 aromatic heterocycles. The van der Waals surface area contributed by atoms with Crippen molar-refractivity contribution in [2.75, 3.05) is 4.90 Å². The predicted molar refractivity (Wildman–Crippen MR) is 115 cm³/mol. The molecule has 3 aromatic carbocycles. The topological polar surface area (TPSA) is 80.8 Å². The lowest BCUT2D eigenvalue weighted by Gasteiger charge is -2.15. The number of anilines is 1. The Balaban J connectivity index is 1.47. The van der Waals surface area contributed by atoms with Crippen molar-refractivity contribution < 1.29 is 23.9 Å². The van der Waals surface area contributed by atoms with Gasteiger partial charge in [0.1, 0.15) is 0 Å². The van der Waals surface area contributed by atoms with Crippen LogP contribution in [0.15, 0.2) is 72.8 Å². The van der Waals surface area contributed by atoms with Crippen molar-refractivity contribution >= 4 is 40.9 Å². The quantitative estimate of drug-likeness (QED) is 0.334. The van der Waals surface area contributed by atoms with E-state index in [1.165, 1.54) is 37.3 Å². The molecule has 31 heavy (non-hydrogen) atoms. The van der Waals surface area contributed by atoms with Crippen molar-refractivity contribution in [3.05, 3.63) is 100 Å². The van der Waals surface area contributed by atoms with Crippen LogP contribution in [0.25, 0.3) is 0 Å². The molecule has 3 aromatic rings. The molecule has 0 fully saturated rings. The third-order valence-corrected chi connectivity index (χ3v) is 5.15. The van der Waals surface area contributed by atoms with E-state index in [9.17, 15) is 19.2 Å². The van der Waals surface area contributed by atoms with Gasteiger partial charge in [-0.3, -0.25) is 14.4 Å². The number of ketones is 1. The van der Waals surface area contributed by atoms with Crippen LogP contribution in [0.2, 0.25) is 5.02 Å².